The van der Waals surface area contributed by atoms with E-state index in [1.54, 1.807) is 11.3 Å². The molecule has 0 spiro atoms. The van der Waals surface area contributed by atoms with E-state index in [2.05, 4.69) is 30.8 Å². The number of nitrogens with two attached hydrogens (primary N) is 1. The molecular weight excluding hydrogens is 192 g/mol. The first-order chi connectivity index (χ1) is 6.74. The van der Waals surface area contributed by atoms with Crippen molar-refractivity contribution in [2.45, 2.75) is 20.4 Å². The molecule has 2 heterocycles. The average Bonchev–Trinajstić information content (AvgIpc) is 2.76. The van der Waals surface area contributed by atoms with Gasteiger partial charge in [-0.25, -0.2) is 0 Å². The topological polar surface area (TPSA) is 30.9 Å². The largest absolute Gasteiger partial charge is 0.326 e. The summed E-state index contributed by atoms with van der Waals surface area (Å²) in [6.45, 7) is 4.90. The van der Waals surface area contributed by atoms with Gasteiger partial charge in [-0.2, -0.15) is 0 Å². The Balaban J connectivity index is 2.59. The third kappa shape index (κ3) is 1.38. The lowest BCUT2D eigenvalue weighted by Crippen LogP contribution is -2.01. The summed E-state index contributed by atoms with van der Waals surface area (Å²) in [7, 11) is 0. The Morgan fingerprint density at radius 3 is 2.50 bits per heavy atom. The molecule has 0 bridgehead atoms. The zero-order valence-electron chi connectivity index (χ0n) is 8.45. The molecule has 14 heavy (non-hydrogen) atoms. The Labute approximate surface area is 88.0 Å². The molecule has 2 rings (SSSR count). The predicted octanol–water partition coefficient (Wildman–Crippen LogP) is 2.61. The zero-order chi connectivity index (χ0) is 10.1. The molecule has 0 aliphatic carbocycles. The van der Waals surface area contributed by atoms with Crippen LogP contribution in [0.15, 0.2) is 24.5 Å². The molecule has 0 radical (unpaired) electrons. The summed E-state index contributed by atoms with van der Waals surface area (Å²) in [6, 6.07) is 4.06. The minimum Gasteiger partial charge on any atom is -0.326 e. The molecule has 0 saturated carbocycles. The van der Waals surface area contributed by atoms with Crippen LogP contribution in [0.5, 0.6) is 0 Å². The van der Waals surface area contributed by atoms with Crippen LogP contribution in [0.3, 0.4) is 0 Å². The Hall–Kier alpha value is -1.06. The predicted molar refractivity (Wildman–Crippen MR) is 61.0 cm³/mol. The molecule has 2 aromatic heterocycles. The summed E-state index contributed by atoms with van der Waals surface area (Å²) >= 11 is 1.81. The van der Waals surface area contributed by atoms with Crippen LogP contribution >= 0.6 is 11.3 Å². The number of rotatable bonds is 2. The van der Waals surface area contributed by atoms with Gasteiger partial charge >= 0.3 is 0 Å². The smallest absolute Gasteiger partial charge is 0.104 e. The maximum Gasteiger partial charge on any atom is 0.104 e. The number of nitrogens with zero attached hydrogens (tertiary/aromatic N) is 1. The fraction of sp³-hybridized carbons (Fsp3) is 0.273. The van der Waals surface area contributed by atoms with Crippen molar-refractivity contribution in [3.8, 4) is 5.00 Å². The molecule has 0 aliphatic heterocycles. The van der Waals surface area contributed by atoms with Gasteiger partial charge in [0.25, 0.3) is 0 Å². The summed E-state index contributed by atoms with van der Waals surface area (Å²) in [4.78, 5) is 1.36. The van der Waals surface area contributed by atoms with Crippen molar-refractivity contribution in [3.05, 3.63) is 40.5 Å². The van der Waals surface area contributed by atoms with E-state index in [0.717, 1.165) is 0 Å². The van der Waals surface area contributed by atoms with Gasteiger partial charge in [-0.15, -0.1) is 11.3 Å². The van der Waals surface area contributed by atoms with Gasteiger partial charge in [-0.1, -0.05) is 0 Å². The van der Waals surface area contributed by atoms with E-state index in [0.29, 0.717) is 6.54 Å². The first-order valence-electron chi connectivity index (χ1n) is 4.66. The Morgan fingerprint density at radius 1 is 1.29 bits per heavy atom. The summed E-state index contributed by atoms with van der Waals surface area (Å²) in [5, 5.41) is 1.26. The molecule has 2 nitrogen and oxygen atoms in total. The van der Waals surface area contributed by atoms with Crippen molar-refractivity contribution >= 4 is 11.3 Å². The zero-order valence-corrected chi connectivity index (χ0v) is 9.27. The van der Waals surface area contributed by atoms with E-state index in [1.165, 1.54) is 21.0 Å². The van der Waals surface area contributed by atoms with Crippen molar-refractivity contribution in [1.82, 2.24) is 4.57 Å². The van der Waals surface area contributed by atoms with Crippen molar-refractivity contribution < 1.29 is 0 Å². The monoisotopic (exact) mass is 206 g/mol. The van der Waals surface area contributed by atoms with Crippen molar-refractivity contribution in [2.24, 2.45) is 5.73 Å². The lowest BCUT2D eigenvalue weighted by molar-refractivity contribution is 1.00. The summed E-state index contributed by atoms with van der Waals surface area (Å²) in [5.74, 6) is 0. The van der Waals surface area contributed by atoms with Crippen molar-refractivity contribution in [3.63, 3.8) is 0 Å². The molecule has 0 aliphatic rings. The second-order valence-corrected chi connectivity index (χ2v) is 4.56. The number of aromatic nitrogens is 1. The highest BCUT2D eigenvalue weighted by atomic mass is 32.1. The Bertz CT molecular complexity index is 426. The van der Waals surface area contributed by atoms with Gasteiger partial charge in [-0.3, -0.25) is 0 Å². The molecule has 2 aromatic rings. The van der Waals surface area contributed by atoms with Crippen molar-refractivity contribution in [2.75, 3.05) is 0 Å². The number of hydrogen-bond donors (Lipinski definition) is 1. The van der Waals surface area contributed by atoms with E-state index in [-0.39, 0.29) is 0 Å². The van der Waals surface area contributed by atoms with Crippen LogP contribution in [0.25, 0.3) is 5.00 Å². The number of aryl methyl sites for hydroxylation is 1. The SMILES string of the molecule is Cc1sc(-n2cccc2)c(CN)c1C. The maximum absolute atomic E-state index is 5.76. The second kappa shape index (κ2) is 3.59. The molecule has 0 fully saturated rings. The Kier molecular flexibility index (Phi) is 2.44. The van der Waals surface area contributed by atoms with Gasteiger partial charge in [-0.05, 0) is 31.5 Å². The molecule has 3 heteroatoms. The highest BCUT2D eigenvalue weighted by molar-refractivity contribution is 7.14. The van der Waals surface area contributed by atoms with Crippen LogP contribution in [-0.2, 0) is 6.54 Å². The first kappa shape index (κ1) is 9.49. The first-order valence-corrected chi connectivity index (χ1v) is 5.48. The van der Waals surface area contributed by atoms with E-state index in [9.17, 15) is 0 Å². The third-order valence-electron chi connectivity index (χ3n) is 2.53. The minimum absolute atomic E-state index is 0.615. The minimum atomic E-state index is 0.615. The average molecular weight is 206 g/mol. The summed E-state index contributed by atoms with van der Waals surface area (Å²) in [6.07, 6.45) is 4.12. The lowest BCUT2D eigenvalue weighted by Gasteiger charge is -2.03. The van der Waals surface area contributed by atoms with E-state index < -0.39 is 0 Å². The molecule has 74 valence electrons. The molecular formula is C11H14N2S. The maximum atomic E-state index is 5.76. The molecule has 0 atom stereocenters. The van der Waals surface area contributed by atoms with Crippen LogP contribution in [-0.4, -0.2) is 4.57 Å². The van der Waals surface area contributed by atoms with Crippen LogP contribution < -0.4 is 5.73 Å². The molecule has 0 saturated heterocycles. The van der Waals surface area contributed by atoms with Gasteiger partial charge in [0, 0.05) is 29.4 Å². The fourth-order valence-corrected chi connectivity index (χ4v) is 2.73. The number of thiophene rings is 1. The second-order valence-electron chi connectivity index (χ2n) is 3.36. The number of hydrogen-bond acceptors (Lipinski definition) is 2. The van der Waals surface area contributed by atoms with E-state index >= 15 is 0 Å². The van der Waals surface area contributed by atoms with Crippen LogP contribution in [0.4, 0.5) is 0 Å². The van der Waals surface area contributed by atoms with E-state index in [1.807, 2.05) is 12.1 Å². The van der Waals surface area contributed by atoms with Gasteiger partial charge in [0.15, 0.2) is 0 Å². The van der Waals surface area contributed by atoms with Crippen LogP contribution in [0.2, 0.25) is 0 Å². The Morgan fingerprint density at radius 2 is 1.93 bits per heavy atom. The van der Waals surface area contributed by atoms with Gasteiger partial charge in [0.05, 0.1) is 0 Å². The third-order valence-corrected chi connectivity index (χ3v) is 3.79. The standard InChI is InChI=1S/C11H14N2S/c1-8-9(2)14-11(10(8)7-12)13-5-3-4-6-13/h3-6H,7,12H2,1-2H3. The highest BCUT2D eigenvalue weighted by Crippen LogP contribution is 2.30. The van der Waals surface area contributed by atoms with Gasteiger partial charge in [0.1, 0.15) is 5.00 Å². The molecule has 0 unspecified atom stereocenters. The van der Waals surface area contributed by atoms with Gasteiger partial charge < -0.3 is 10.3 Å². The normalized spacial score (nSPS) is 10.8. The highest BCUT2D eigenvalue weighted by Gasteiger charge is 2.11. The van der Waals surface area contributed by atoms with Crippen LogP contribution in [0.1, 0.15) is 16.0 Å². The molecule has 0 aromatic carbocycles. The van der Waals surface area contributed by atoms with Crippen LogP contribution in [0, 0.1) is 13.8 Å². The van der Waals surface area contributed by atoms with Gasteiger partial charge in [0.2, 0.25) is 0 Å². The molecule has 0 amide bonds. The van der Waals surface area contributed by atoms with E-state index in [4.69, 9.17) is 5.73 Å². The summed E-state index contributed by atoms with van der Waals surface area (Å²) < 4.78 is 2.13. The lowest BCUT2D eigenvalue weighted by atomic mass is 10.1. The quantitative estimate of drug-likeness (QED) is 0.804. The van der Waals surface area contributed by atoms with Crippen molar-refractivity contribution in [1.29, 1.82) is 0 Å². The molecule has 2 N–H and O–H groups in total. The summed E-state index contributed by atoms with van der Waals surface area (Å²) in [5.41, 5.74) is 8.37. The fourth-order valence-electron chi connectivity index (χ4n) is 1.57.